The summed E-state index contributed by atoms with van der Waals surface area (Å²) in [4.78, 5) is 30.4. The van der Waals surface area contributed by atoms with E-state index in [1.165, 1.54) is 16.9 Å². The van der Waals surface area contributed by atoms with Crippen LogP contribution in [0.25, 0.3) is 16.9 Å². The van der Waals surface area contributed by atoms with Crippen molar-refractivity contribution in [1.82, 2.24) is 24.4 Å². The predicted molar refractivity (Wildman–Crippen MR) is 148 cm³/mol. The lowest BCUT2D eigenvalue weighted by Crippen LogP contribution is -2.18. The highest BCUT2D eigenvalue weighted by molar-refractivity contribution is 6.11. The molecule has 41 heavy (non-hydrogen) atoms. The summed E-state index contributed by atoms with van der Waals surface area (Å²) in [7, 11) is 0. The van der Waals surface area contributed by atoms with Gasteiger partial charge in [0.25, 0.3) is 11.8 Å². The maximum absolute atomic E-state index is 14.1. The molecule has 5 aromatic rings. The molecule has 2 amide bonds. The molecule has 0 bridgehead atoms. The summed E-state index contributed by atoms with van der Waals surface area (Å²) in [5.74, 6) is -1.13. The van der Waals surface area contributed by atoms with Crippen LogP contribution in [0.3, 0.4) is 0 Å². The van der Waals surface area contributed by atoms with Crippen LogP contribution in [0.4, 0.5) is 24.5 Å². The molecule has 2 aromatic carbocycles. The maximum Gasteiger partial charge on any atom is 0.433 e. The topological polar surface area (TPSA) is 106 Å². The zero-order chi connectivity index (χ0) is 29.3. The summed E-state index contributed by atoms with van der Waals surface area (Å²) in [6, 6.07) is 17.9. The van der Waals surface area contributed by atoms with Crippen molar-refractivity contribution in [3.8, 4) is 11.3 Å². The summed E-state index contributed by atoms with van der Waals surface area (Å²) >= 11 is 0. The molecule has 0 aliphatic rings. The molecular formula is C29H26F3N7O2. The van der Waals surface area contributed by atoms with E-state index >= 15 is 0 Å². The van der Waals surface area contributed by atoms with Crippen LogP contribution in [-0.2, 0) is 12.7 Å². The highest BCUT2D eigenvalue weighted by Crippen LogP contribution is 2.33. The molecule has 0 spiro atoms. The van der Waals surface area contributed by atoms with Gasteiger partial charge < -0.3 is 10.6 Å². The second-order valence-corrected chi connectivity index (χ2v) is 9.62. The number of fused-ring (bicyclic) bond motifs is 1. The van der Waals surface area contributed by atoms with Crippen molar-refractivity contribution in [1.29, 1.82) is 0 Å². The number of hydrogen-bond donors (Lipinski definition) is 2. The Kier molecular flexibility index (Phi) is 7.31. The minimum absolute atomic E-state index is 0.0611. The lowest BCUT2D eigenvalue weighted by Gasteiger charge is -2.12. The monoisotopic (exact) mass is 561 g/mol. The van der Waals surface area contributed by atoms with Crippen molar-refractivity contribution in [2.45, 2.75) is 39.4 Å². The van der Waals surface area contributed by atoms with E-state index in [1.807, 2.05) is 26.0 Å². The molecule has 210 valence electrons. The van der Waals surface area contributed by atoms with Crippen molar-refractivity contribution in [3.05, 3.63) is 95.6 Å². The molecule has 12 heteroatoms. The summed E-state index contributed by atoms with van der Waals surface area (Å²) in [6.07, 6.45) is -3.30. The quantitative estimate of drug-likeness (QED) is 0.244. The van der Waals surface area contributed by atoms with Gasteiger partial charge in [0.2, 0.25) is 0 Å². The Morgan fingerprint density at radius 2 is 1.63 bits per heavy atom. The van der Waals surface area contributed by atoms with E-state index in [0.717, 1.165) is 11.6 Å². The van der Waals surface area contributed by atoms with Crippen LogP contribution in [-0.4, -0.2) is 36.2 Å². The summed E-state index contributed by atoms with van der Waals surface area (Å²) in [6.45, 7) is 6.26. The Morgan fingerprint density at radius 1 is 0.927 bits per heavy atom. The van der Waals surface area contributed by atoms with Crippen LogP contribution in [0.1, 0.15) is 58.9 Å². The van der Waals surface area contributed by atoms with E-state index in [-0.39, 0.29) is 34.3 Å². The van der Waals surface area contributed by atoms with Gasteiger partial charge >= 0.3 is 6.18 Å². The third kappa shape index (κ3) is 5.81. The van der Waals surface area contributed by atoms with E-state index in [2.05, 4.69) is 25.8 Å². The average Bonchev–Trinajstić information content (AvgIpc) is 3.57. The van der Waals surface area contributed by atoms with Crippen molar-refractivity contribution in [2.24, 2.45) is 0 Å². The Labute approximate surface area is 233 Å². The van der Waals surface area contributed by atoms with Gasteiger partial charge in [-0.05, 0) is 36.6 Å². The zero-order valence-electron chi connectivity index (χ0n) is 22.4. The van der Waals surface area contributed by atoms with Gasteiger partial charge in [-0.3, -0.25) is 14.3 Å². The summed E-state index contributed by atoms with van der Waals surface area (Å²) in [5, 5.41) is 13.4. The fraction of sp³-hybridized carbons (Fsp3) is 0.207. The van der Waals surface area contributed by atoms with E-state index < -0.39 is 23.7 Å². The number of carbonyl (C=O) groups excluding carboxylic acids is 2. The zero-order valence-corrected chi connectivity index (χ0v) is 22.4. The van der Waals surface area contributed by atoms with Gasteiger partial charge in [-0.2, -0.15) is 23.4 Å². The van der Waals surface area contributed by atoms with Crippen LogP contribution in [0, 0.1) is 0 Å². The van der Waals surface area contributed by atoms with Gasteiger partial charge in [-0.25, -0.2) is 9.50 Å². The number of aromatic nitrogens is 5. The van der Waals surface area contributed by atoms with Gasteiger partial charge in [0.15, 0.2) is 22.7 Å². The number of aryl methyl sites for hydroxylation is 1. The van der Waals surface area contributed by atoms with Crippen LogP contribution < -0.4 is 10.6 Å². The van der Waals surface area contributed by atoms with Crippen molar-refractivity contribution in [2.75, 3.05) is 10.6 Å². The molecule has 0 aliphatic heterocycles. The van der Waals surface area contributed by atoms with Crippen LogP contribution in [0.2, 0.25) is 0 Å². The van der Waals surface area contributed by atoms with Crippen molar-refractivity contribution in [3.63, 3.8) is 0 Å². The van der Waals surface area contributed by atoms with Gasteiger partial charge in [-0.1, -0.05) is 56.3 Å². The van der Waals surface area contributed by atoms with E-state index in [0.29, 0.717) is 22.3 Å². The second-order valence-electron chi connectivity index (χ2n) is 9.62. The normalized spacial score (nSPS) is 11.7. The SMILES string of the molecule is CCn1cc(NC(=O)c2cc3nc(-c4ccc(C(C)C)cc4)cc(C(F)(F)F)n3n2)c(C(=O)Nc2ccccc2)n1. The van der Waals surface area contributed by atoms with Crippen LogP contribution in [0.5, 0.6) is 0 Å². The number of nitrogens with zero attached hydrogens (tertiary/aromatic N) is 5. The van der Waals surface area contributed by atoms with Crippen LogP contribution in [0.15, 0.2) is 72.9 Å². The molecule has 0 atom stereocenters. The molecule has 2 N–H and O–H groups in total. The molecule has 3 aromatic heterocycles. The first-order chi connectivity index (χ1) is 19.5. The molecule has 0 radical (unpaired) electrons. The number of anilines is 2. The first-order valence-electron chi connectivity index (χ1n) is 12.9. The Hall–Kier alpha value is -5.00. The summed E-state index contributed by atoms with van der Waals surface area (Å²) < 4.78 is 44.2. The molecular weight excluding hydrogens is 535 g/mol. The van der Waals surface area contributed by atoms with Gasteiger partial charge in [0.1, 0.15) is 0 Å². The first kappa shape index (κ1) is 27.6. The fourth-order valence-corrected chi connectivity index (χ4v) is 4.21. The smallest absolute Gasteiger partial charge is 0.321 e. The van der Waals surface area contributed by atoms with Gasteiger partial charge in [-0.15, -0.1) is 0 Å². The molecule has 9 nitrogen and oxygen atoms in total. The maximum atomic E-state index is 14.1. The lowest BCUT2D eigenvalue weighted by atomic mass is 10.0. The van der Waals surface area contributed by atoms with Gasteiger partial charge in [0.05, 0.1) is 11.4 Å². The Balaban J connectivity index is 1.48. The molecule has 0 fully saturated rings. The minimum Gasteiger partial charge on any atom is -0.321 e. The molecule has 0 saturated heterocycles. The number of hydrogen-bond acceptors (Lipinski definition) is 5. The summed E-state index contributed by atoms with van der Waals surface area (Å²) in [5.41, 5.74) is 0.636. The van der Waals surface area contributed by atoms with E-state index in [4.69, 9.17) is 0 Å². The van der Waals surface area contributed by atoms with Crippen molar-refractivity contribution < 1.29 is 22.8 Å². The standard InChI is InChI=1S/C29H26F3N7O2/c1-4-38-16-23(26(37-38)28(41)33-20-8-6-5-7-9-20)35-27(40)22-15-25-34-21(14-24(29(30,31)32)39(25)36-22)19-12-10-18(11-13-19)17(2)3/h5-17H,4H2,1-3H3,(H,33,41)(H,35,40). The highest BCUT2D eigenvalue weighted by atomic mass is 19.4. The number of nitrogens with one attached hydrogen (secondary N) is 2. The number of para-hydroxylation sites is 1. The molecule has 0 aliphatic carbocycles. The largest absolute Gasteiger partial charge is 0.433 e. The first-order valence-corrected chi connectivity index (χ1v) is 12.9. The molecule has 0 unspecified atom stereocenters. The second kappa shape index (κ2) is 10.9. The predicted octanol–water partition coefficient (Wildman–Crippen LogP) is 6.26. The van der Waals surface area contributed by atoms with Crippen molar-refractivity contribution >= 4 is 28.8 Å². The molecule has 5 rings (SSSR count). The number of benzene rings is 2. The van der Waals surface area contributed by atoms with E-state index in [9.17, 15) is 22.8 Å². The lowest BCUT2D eigenvalue weighted by molar-refractivity contribution is -0.142. The number of halogens is 3. The Morgan fingerprint density at radius 3 is 2.27 bits per heavy atom. The fourth-order valence-electron chi connectivity index (χ4n) is 4.21. The third-order valence-electron chi connectivity index (χ3n) is 6.40. The van der Waals surface area contributed by atoms with E-state index in [1.54, 1.807) is 49.4 Å². The Bertz CT molecular complexity index is 1720. The number of amides is 2. The molecule has 0 saturated carbocycles. The average molecular weight is 562 g/mol. The number of carbonyl (C=O) groups is 2. The number of alkyl halides is 3. The highest BCUT2D eigenvalue weighted by Gasteiger charge is 2.36. The van der Waals surface area contributed by atoms with Crippen LogP contribution >= 0.6 is 0 Å². The number of rotatable bonds is 7. The molecule has 3 heterocycles. The van der Waals surface area contributed by atoms with Gasteiger partial charge in [0, 0.05) is 30.1 Å². The minimum atomic E-state index is -4.77. The third-order valence-corrected chi connectivity index (χ3v) is 6.40.